The number of azo groups is 1. The second kappa shape index (κ2) is 9.45. The van der Waals surface area contributed by atoms with Gasteiger partial charge in [-0.25, -0.2) is 0 Å². The molecular weight excluding hydrogens is 478 g/mol. The number of para-hydroxylation sites is 1. The molecule has 188 valence electrons. The highest BCUT2D eigenvalue weighted by Gasteiger charge is 2.58. The molecule has 0 aliphatic carbocycles. The second-order valence-electron chi connectivity index (χ2n) is 9.70. The van der Waals surface area contributed by atoms with E-state index in [1.165, 1.54) is 24.3 Å². The van der Waals surface area contributed by atoms with Crippen molar-refractivity contribution in [3.05, 3.63) is 124 Å². The molecule has 8 nitrogen and oxygen atoms in total. The highest BCUT2D eigenvalue weighted by molar-refractivity contribution is 5.71. The Hall–Kier alpha value is -5.03. The van der Waals surface area contributed by atoms with Crippen molar-refractivity contribution in [1.29, 1.82) is 5.26 Å². The molecule has 1 N–H and O–H groups in total. The Kier molecular flexibility index (Phi) is 6.13. The van der Waals surface area contributed by atoms with E-state index >= 15 is 0 Å². The van der Waals surface area contributed by atoms with Crippen molar-refractivity contribution in [3.8, 4) is 11.8 Å². The molecule has 0 spiro atoms. The molecule has 1 unspecified atom stereocenters. The largest absolute Gasteiger partial charge is 0.508 e. The van der Waals surface area contributed by atoms with Crippen molar-refractivity contribution in [2.75, 3.05) is 4.90 Å². The Morgan fingerprint density at radius 1 is 0.921 bits per heavy atom. The van der Waals surface area contributed by atoms with E-state index in [-0.39, 0.29) is 18.0 Å². The first-order chi connectivity index (χ1) is 18.3. The molecule has 0 aromatic heterocycles. The number of nitro benzene ring substituents is 1. The van der Waals surface area contributed by atoms with Gasteiger partial charge in [0, 0.05) is 35.3 Å². The average molecular weight is 504 g/mol. The Bertz CT molecular complexity index is 1580. The van der Waals surface area contributed by atoms with Crippen molar-refractivity contribution in [1.82, 2.24) is 0 Å². The van der Waals surface area contributed by atoms with E-state index in [0.29, 0.717) is 16.9 Å². The van der Waals surface area contributed by atoms with Crippen molar-refractivity contribution in [3.63, 3.8) is 0 Å². The van der Waals surface area contributed by atoms with Gasteiger partial charge in [-0.15, -0.1) is 0 Å². The van der Waals surface area contributed by atoms with Gasteiger partial charge in [0.2, 0.25) is 0 Å². The topological polar surface area (TPSA) is 115 Å². The van der Waals surface area contributed by atoms with Crippen LogP contribution >= 0.6 is 0 Å². The third-order valence-corrected chi connectivity index (χ3v) is 7.26. The third kappa shape index (κ3) is 3.95. The second-order valence-corrected chi connectivity index (χ2v) is 9.70. The van der Waals surface area contributed by atoms with Crippen molar-refractivity contribution in [2.45, 2.75) is 31.3 Å². The lowest BCUT2D eigenvalue weighted by molar-refractivity contribution is -0.384. The summed E-state index contributed by atoms with van der Waals surface area (Å²) in [5.74, 6) is 0.0846. The maximum Gasteiger partial charge on any atom is 0.269 e. The molecule has 0 saturated heterocycles. The minimum absolute atomic E-state index is 0.0240. The van der Waals surface area contributed by atoms with E-state index in [9.17, 15) is 20.5 Å². The van der Waals surface area contributed by atoms with Gasteiger partial charge in [-0.05, 0) is 47.5 Å². The summed E-state index contributed by atoms with van der Waals surface area (Å²) in [6.45, 7) is 4.42. The summed E-state index contributed by atoms with van der Waals surface area (Å²) in [6, 6.07) is 31.1. The fraction of sp³-hybridized carbons (Fsp3) is 0.167. The summed E-state index contributed by atoms with van der Waals surface area (Å²) in [4.78, 5) is 12.5. The highest BCUT2D eigenvalue weighted by atomic mass is 16.6. The van der Waals surface area contributed by atoms with Gasteiger partial charge in [0.1, 0.15) is 5.75 Å². The summed E-state index contributed by atoms with van der Waals surface area (Å²) in [5, 5.41) is 40.9. The van der Waals surface area contributed by atoms with Crippen molar-refractivity contribution < 1.29 is 10.0 Å². The zero-order valence-electron chi connectivity index (χ0n) is 20.9. The number of nitro groups is 1. The van der Waals surface area contributed by atoms with Crippen LogP contribution in [0.5, 0.6) is 5.75 Å². The van der Waals surface area contributed by atoms with E-state index in [0.717, 1.165) is 16.8 Å². The number of hydrogen-bond donors (Lipinski definition) is 1. The quantitative estimate of drug-likeness (QED) is 0.167. The summed E-state index contributed by atoms with van der Waals surface area (Å²) in [5.41, 5.74) is 2.82. The summed E-state index contributed by atoms with van der Waals surface area (Å²) in [6.07, 6.45) is 0. The maximum atomic E-state index is 10.9. The van der Waals surface area contributed by atoms with Gasteiger partial charge < -0.3 is 10.0 Å². The van der Waals surface area contributed by atoms with Crippen LogP contribution in [0.1, 0.15) is 30.5 Å². The molecule has 1 heterocycles. The standard InChI is InChI=1S/C30H25N5O3/c1-29(2)26-10-6-7-11-27(26)34(30(29,20-31)22-8-4-3-5-9-22)19-21-18-24(14-17-28(21)36)33-32-23-12-15-25(16-13-23)35(37)38/h3-18,36H,19H2,1-2H3. The van der Waals surface area contributed by atoms with E-state index in [2.05, 4.69) is 41.1 Å². The fourth-order valence-corrected chi connectivity index (χ4v) is 5.30. The van der Waals surface area contributed by atoms with Crippen LogP contribution in [-0.4, -0.2) is 10.0 Å². The monoisotopic (exact) mass is 503 g/mol. The minimum Gasteiger partial charge on any atom is -0.508 e. The number of non-ortho nitro benzene ring substituents is 1. The van der Waals surface area contributed by atoms with Crippen LogP contribution in [0.15, 0.2) is 107 Å². The van der Waals surface area contributed by atoms with Crippen molar-refractivity contribution >= 4 is 22.7 Å². The molecule has 38 heavy (non-hydrogen) atoms. The molecule has 0 radical (unpaired) electrons. The molecule has 8 heteroatoms. The molecule has 0 fully saturated rings. The van der Waals surface area contributed by atoms with Gasteiger partial charge in [0.15, 0.2) is 5.54 Å². The summed E-state index contributed by atoms with van der Waals surface area (Å²) >= 11 is 0. The van der Waals surface area contributed by atoms with E-state index in [1.807, 2.05) is 48.5 Å². The van der Waals surface area contributed by atoms with Gasteiger partial charge in [0.25, 0.3) is 5.69 Å². The lowest BCUT2D eigenvalue weighted by atomic mass is 9.67. The van der Waals surface area contributed by atoms with Crippen LogP contribution in [-0.2, 0) is 17.5 Å². The van der Waals surface area contributed by atoms with Crippen LogP contribution in [0, 0.1) is 21.4 Å². The number of nitrogens with zero attached hydrogens (tertiary/aromatic N) is 5. The van der Waals surface area contributed by atoms with Crippen LogP contribution in [0.2, 0.25) is 0 Å². The number of phenolic OH excluding ortho intramolecular Hbond substituents is 1. The predicted molar refractivity (Wildman–Crippen MR) is 145 cm³/mol. The lowest BCUT2D eigenvalue weighted by Crippen LogP contribution is -2.51. The molecule has 5 rings (SSSR count). The zero-order chi connectivity index (χ0) is 26.9. The molecule has 0 amide bonds. The number of benzene rings is 4. The minimum atomic E-state index is -1.03. The average Bonchev–Trinajstić information content (AvgIpc) is 3.13. The molecule has 1 aliphatic rings. The third-order valence-electron chi connectivity index (χ3n) is 7.26. The first-order valence-corrected chi connectivity index (χ1v) is 12.1. The maximum absolute atomic E-state index is 10.9. The van der Waals surface area contributed by atoms with E-state index < -0.39 is 15.9 Å². The normalized spacial score (nSPS) is 17.8. The summed E-state index contributed by atoms with van der Waals surface area (Å²) in [7, 11) is 0. The van der Waals surface area contributed by atoms with Gasteiger partial charge in [-0.3, -0.25) is 10.1 Å². The number of nitriles is 1. The number of aromatic hydroxyl groups is 1. The number of rotatable bonds is 6. The first kappa shape index (κ1) is 24.7. The first-order valence-electron chi connectivity index (χ1n) is 12.1. The van der Waals surface area contributed by atoms with Crippen LogP contribution in [0.3, 0.4) is 0 Å². The Morgan fingerprint density at radius 3 is 2.24 bits per heavy atom. The summed E-state index contributed by atoms with van der Waals surface area (Å²) < 4.78 is 0. The van der Waals surface area contributed by atoms with E-state index in [4.69, 9.17) is 0 Å². The molecular formula is C30H25N5O3. The molecule has 4 aromatic rings. The van der Waals surface area contributed by atoms with Crippen molar-refractivity contribution in [2.24, 2.45) is 10.2 Å². The van der Waals surface area contributed by atoms with Gasteiger partial charge in [-0.2, -0.15) is 15.5 Å². The SMILES string of the molecule is CC1(C)c2ccccc2N(Cc2cc(N=Nc3ccc([N+](=O)[O-])cc3)ccc2O)C1(C#N)c1ccccc1. The van der Waals surface area contributed by atoms with E-state index in [1.54, 1.807) is 18.2 Å². The number of fused-ring (bicyclic) bond motifs is 1. The molecule has 4 aromatic carbocycles. The fourth-order valence-electron chi connectivity index (χ4n) is 5.30. The molecule has 1 aliphatic heterocycles. The smallest absolute Gasteiger partial charge is 0.269 e. The van der Waals surface area contributed by atoms with Crippen LogP contribution < -0.4 is 4.90 Å². The Balaban J connectivity index is 1.55. The van der Waals surface area contributed by atoms with Gasteiger partial charge >= 0.3 is 0 Å². The van der Waals surface area contributed by atoms with Crippen LogP contribution in [0.25, 0.3) is 0 Å². The Labute approximate surface area is 220 Å². The lowest BCUT2D eigenvalue weighted by Gasteiger charge is -2.43. The van der Waals surface area contributed by atoms with Gasteiger partial charge in [0.05, 0.1) is 22.4 Å². The number of anilines is 1. The molecule has 0 saturated carbocycles. The molecule has 0 bridgehead atoms. The number of phenols is 1. The highest BCUT2D eigenvalue weighted by Crippen LogP contribution is 2.57. The van der Waals surface area contributed by atoms with Crippen LogP contribution in [0.4, 0.5) is 22.7 Å². The zero-order valence-corrected chi connectivity index (χ0v) is 20.9. The van der Waals surface area contributed by atoms with Gasteiger partial charge in [-0.1, -0.05) is 62.4 Å². The molecule has 1 atom stereocenters. The number of hydrogen-bond acceptors (Lipinski definition) is 7. The Morgan fingerprint density at radius 2 is 1.55 bits per heavy atom. The predicted octanol–water partition coefficient (Wildman–Crippen LogP) is 7.43.